The second kappa shape index (κ2) is 4.70. The quantitative estimate of drug-likeness (QED) is 0.352. The average molecular weight is 256 g/mol. The van der Waals surface area contributed by atoms with E-state index < -0.39 is 44.0 Å². The molecule has 96 valence electrons. The van der Waals surface area contributed by atoms with E-state index in [4.69, 9.17) is 4.52 Å². The first-order valence-electron chi connectivity index (χ1n) is 4.79. The number of hydrogen-bond acceptors (Lipinski definition) is 7. The Labute approximate surface area is 92.7 Å². The predicted molar refractivity (Wildman–Crippen MR) is 54.4 cm³/mol. The highest BCUT2D eigenvalue weighted by atomic mass is 31.2. The van der Waals surface area contributed by atoms with Crippen molar-refractivity contribution in [3.05, 3.63) is 0 Å². The molecule has 0 bridgehead atoms. The summed E-state index contributed by atoms with van der Waals surface area (Å²) < 4.78 is 16.3. The molecule has 5 N–H and O–H groups in total. The summed E-state index contributed by atoms with van der Waals surface area (Å²) in [7, 11) is -3.01. The zero-order valence-corrected chi connectivity index (χ0v) is 9.86. The smallest absolute Gasteiger partial charge is 0.197 e. The van der Waals surface area contributed by atoms with Crippen LogP contribution in [0.1, 0.15) is 0 Å². The van der Waals surface area contributed by atoms with E-state index in [1.165, 1.54) is 13.3 Å². The molecule has 8 heteroatoms. The maximum absolute atomic E-state index is 11.4. The van der Waals surface area contributed by atoms with Gasteiger partial charge in [0.15, 0.2) is 7.37 Å². The predicted octanol–water partition coefficient (Wildman–Crippen LogP) is -2.27. The van der Waals surface area contributed by atoms with Crippen molar-refractivity contribution in [1.82, 2.24) is 0 Å². The van der Waals surface area contributed by atoms with Gasteiger partial charge in [-0.05, 0) is 0 Å². The van der Waals surface area contributed by atoms with Crippen molar-refractivity contribution >= 4 is 7.37 Å². The SMILES string of the molecule is CP(C)(=O)O[C@@H]1C(O)[C@H](O)C(O)C(O)[C@@H]1O. The fourth-order valence-corrected chi connectivity index (χ4v) is 2.45. The summed E-state index contributed by atoms with van der Waals surface area (Å²) in [6.07, 6.45) is -9.60. The summed E-state index contributed by atoms with van der Waals surface area (Å²) in [4.78, 5) is 0. The largest absolute Gasteiger partial charge is 0.387 e. The summed E-state index contributed by atoms with van der Waals surface area (Å²) in [5, 5.41) is 47.0. The number of aliphatic hydroxyl groups is 5. The molecule has 6 atom stereocenters. The van der Waals surface area contributed by atoms with Crippen LogP contribution in [0.4, 0.5) is 0 Å². The normalized spacial score (nSPS) is 45.7. The van der Waals surface area contributed by atoms with Gasteiger partial charge in [0.1, 0.15) is 36.6 Å². The summed E-state index contributed by atoms with van der Waals surface area (Å²) in [5.74, 6) is 0. The molecule has 1 aliphatic carbocycles. The van der Waals surface area contributed by atoms with Crippen LogP contribution in [-0.4, -0.2) is 75.5 Å². The molecule has 3 unspecified atom stereocenters. The molecule has 0 aliphatic heterocycles. The van der Waals surface area contributed by atoms with Crippen LogP contribution >= 0.6 is 7.37 Å². The Morgan fingerprint density at radius 2 is 1.12 bits per heavy atom. The highest BCUT2D eigenvalue weighted by Gasteiger charge is 2.50. The summed E-state index contributed by atoms with van der Waals surface area (Å²) in [6, 6.07) is 0. The van der Waals surface area contributed by atoms with Crippen molar-refractivity contribution in [3.63, 3.8) is 0 Å². The highest BCUT2D eigenvalue weighted by molar-refractivity contribution is 7.57. The van der Waals surface area contributed by atoms with E-state index in [9.17, 15) is 30.1 Å². The first kappa shape index (κ1) is 14.1. The molecule has 1 saturated carbocycles. The van der Waals surface area contributed by atoms with E-state index in [1.54, 1.807) is 0 Å². The third-order valence-corrected chi connectivity index (χ3v) is 3.20. The lowest BCUT2D eigenvalue weighted by Crippen LogP contribution is -2.64. The summed E-state index contributed by atoms with van der Waals surface area (Å²) in [5.41, 5.74) is 0. The first-order valence-corrected chi connectivity index (χ1v) is 7.31. The fourth-order valence-electron chi connectivity index (χ4n) is 1.61. The van der Waals surface area contributed by atoms with Gasteiger partial charge in [0, 0.05) is 13.3 Å². The molecule has 0 spiro atoms. The molecule has 0 aromatic rings. The van der Waals surface area contributed by atoms with E-state index >= 15 is 0 Å². The van der Waals surface area contributed by atoms with Crippen molar-refractivity contribution in [3.8, 4) is 0 Å². The lowest BCUT2D eigenvalue weighted by atomic mass is 9.85. The zero-order valence-electron chi connectivity index (χ0n) is 8.96. The van der Waals surface area contributed by atoms with Gasteiger partial charge >= 0.3 is 0 Å². The standard InChI is InChI=1S/C8H17O7P/c1-16(2,14)15-8-6(12)4(10)3(9)5(11)7(8)13/h3-13H,1-2H3/t3?,4-,5?,6?,7+,8-/m1/s1. The molecular weight excluding hydrogens is 239 g/mol. The van der Waals surface area contributed by atoms with E-state index in [2.05, 4.69) is 0 Å². The van der Waals surface area contributed by atoms with Gasteiger partial charge in [-0.3, -0.25) is 4.57 Å². The van der Waals surface area contributed by atoms with Gasteiger partial charge in [-0.1, -0.05) is 0 Å². The van der Waals surface area contributed by atoms with E-state index in [0.29, 0.717) is 0 Å². The molecule has 0 heterocycles. The van der Waals surface area contributed by atoms with Crippen LogP contribution in [0, 0.1) is 0 Å². The second-order valence-electron chi connectivity index (χ2n) is 4.28. The molecule has 0 radical (unpaired) electrons. The third kappa shape index (κ3) is 2.81. The maximum atomic E-state index is 11.4. The zero-order chi connectivity index (χ0) is 12.7. The van der Waals surface area contributed by atoms with Crippen LogP contribution in [0.2, 0.25) is 0 Å². The van der Waals surface area contributed by atoms with Crippen molar-refractivity contribution in [2.24, 2.45) is 0 Å². The van der Waals surface area contributed by atoms with Gasteiger partial charge < -0.3 is 30.1 Å². The second-order valence-corrected chi connectivity index (χ2v) is 6.99. The Bertz CT molecular complexity index is 274. The minimum atomic E-state index is -3.01. The van der Waals surface area contributed by atoms with E-state index in [0.717, 1.165) is 0 Å². The Morgan fingerprint density at radius 3 is 1.44 bits per heavy atom. The van der Waals surface area contributed by atoms with Crippen LogP contribution in [0.25, 0.3) is 0 Å². The van der Waals surface area contributed by atoms with Crippen molar-refractivity contribution in [2.45, 2.75) is 36.6 Å². The maximum Gasteiger partial charge on any atom is 0.197 e. The first-order chi connectivity index (χ1) is 7.15. The van der Waals surface area contributed by atoms with Crippen molar-refractivity contribution in [2.75, 3.05) is 13.3 Å². The molecule has 0 amide bonds. The molecule has 0 aromatic heterocycles. The highest BCUT2D eigenvalue weighted by Crippen LogP contribution is 2.42. The molecule has 7 nitrogen and oxygen atoms in total. The fraction of sp³-hybridized carbons (Fsp3) is 1.00. The summed E-state index contributed by atoms with van der Waals surface area (Å²) in [6.45, 7) is 2.55. The van der Waals surface area contributed by atoms with Crippen LogP contribution in [0.5, 0.6) is 0 Å². The number of hydrogen-bond donors (Lipinski definition) is 5. The number of rotatable bonds is 2. The number of aliphatic hydroxyl groups excluding tert-OH is 5. The third-order valence-electron chi connectivity index (χ3n) is 2.45. The van der Waals surface area contributed by atoms with Crippen molar-refractivity contribution < 1.29 is 34.6 Å². The average Bonchev–Trinajstić information content (AvgIpc) is 2.17. The minimum absolute atomic E-state index is 1.27. The summed E-state index contributed by atoms with van der Waals surface area (Å²) >= 11 is 0. The van der Waals surface area contributed by atoms with Crippen LogP contribution in [-0.2, 0) is 9.09 Å². The molecular formula is C8H17O7P. The van der Waals surface area contributed by atoms with E-state index in [1.807, 2.05) is 0 Å². The van der Waals surface area contributed by atoms with Gasteiger partial charge in [0.25, 0.3) is 0 Å². The van der Waals surface area contributed by atoms with Gasteiger partial charge in [0.05, 0.1) is 0 Å². The molecule has 0 saturated heterocycles. The van der Waals surface area contributed by atoms with Crippen LogP contribution in [0.3, 0.4) is 0 Å². The molecule has 16 heavy (non-hydrogen) atoms. The van der Waals surface area contributed by atoms with E-state index in [-0.39, 0.29) is 0 Å². The van der Waals surface area contributed by atoms with Gasteiger partial charge in [0.2, 0.25) is 0 Å². The van der Waals surface area contributed by atoms with Crippen molar-refractivity contribution in [1.29, 1.82) is 0 Å². The minimum Gasteiger partial charge on any atom is -0.387 e. The van der Waals surface area contributed by atoms with Gasteiger partial charge in [-0.2, -0.15) is 0 Å². The Kier molecular flexibility index (Phi) is 4.13. The van der Waals surface area contributed by atoms with Gasteiger partial charge in [-0.25, -0.2) is 0 Å². The molecule has 1 rings (SSSR count). The monoisotopic (exact) mass is 256 g/mol. The topological polar surface area (TPSA) is 127 Å². The lowest BCUT2D eigenvalue weighted by Gasteiger charge is -2.41. The molecule has 1 fully saturated rings. The van der Waals surface area contributed by atoms with Crippen LogP contribution < -0.4 is 0 Å². The van der Waals surface area contributed by atoms with Gasteiger partial charge in [-0.15, -0.1) is 0 Å². The lowest BCUT2D eigenvalue weighted by molar-refractivity contribution is -0.216. The Balaban J connectivity index is 2.87. The van der Waals surface area contributed by atoms with Crippen LogP contribution in [0.15, 0.2) is 0 Å². The Hall–Kier alpha value is -0.0100. The molecule has 0 aromatic carbocycles. The Morgan fingerprint density at radius 1 is 0.812 bits per heavy atom. The molecule has 1 aliphatic rings.